The first-order valence-corrected chi connectivity index (χ1v) is 6.67. The molecule has 4 heteroatoms. The molecule has 0 radical (unpaired) electrons. The van der Waals surface area contributed by atoms with Crippen LogP contribution in [0.4, 0.5) is 0 Å². The maximum Gasteiger partial charge on any atom is 0.253 e. The minimum atomic E-state index is 0.0986. The summed E-state index contributed by atoms with van der Waals surface area (Å²) in [5.41, 5.74) is 1.87. The molecule has 0 spiro atoms. The van der Waals surface area contributed by atoms with Crippen molar-refractivity contribution in [2.24, 2.45) is 0 Å². The molecule has 4 nitrogen and oxygen atoms in total. The van der Waals surface area contributed by atoms with Crippen molar-refractivity contribution < 1.29 is 14.3 Å². The van der Waals surface area contributed by atoms with Crippen LogP contribution in [0.1, 0.15) is 22.3 Å². The first-order valence-electron chi connectivity index (χ1n) is 6.67. The number of rotatable bonds is 5. The number of benzene rings is 1. The van der Waals surface area contributed by atoms with Crippen LogP contribution in [0.15, 0.2) is 24.3 Å². The van der Waals surface area contributed by atoms with E-state index in [9.17, 15) is 4.79 Å². The van der Waals surface area contributed by atoms with Gasteiger partial charge in [-0.25, -0.2) is 0 Å². The number of methoxy groups -OCH3 is 1. The van der Waals surface area contributed by atoms with Gasteiger partial charge in [-0.05, 0) is 25.5 Å². The number of carbonyl (C=O) groups excluding carboxylic acids is 1. The van der Waals surface area contributed by atoms with Crippen LogP contribution < -0.4 is 0 Å². The van der Waals surface area contributed by atoms with Crippen LogP contribution in [0.3, 0.4) is 0 Å². The normalized spacial score (nSPS) is 18.8. The number of hydrogen-bond donors (Lipinski definition) is 0. The summed E-state index contributed by atoms with van der Waals surface area (Å²) >= 11 is 0. The molecule has 1 aliphatic heterocycles. The predicted octanol–water partition coefficient (Wildman–Crippen LogP) is 1.87. The maximum atomic E-state index is 12.3. The van der Waals surface area contributed by atoms with Crippen LogP contribution in [0.5, 0.6) is 0 Å². The molecule has 1 atom stereocenters. The fourth-order valence-electron chi connectivity index (χ4n) is 2.31. The van der Waals surface area contributed by atoms with Crippen LogP contribution in [-0.2, 0) is 9.47 Å². The third-order valence-corrected chi connectivity index (χ3v) is 3.34. The molecule has 0 aliphatic carbocycles. The monoisotopic (exact) mass is 263 g/mol. The molecule has 1 aliphatic rings. The van der Waals surface area contributed by atoms with E-state index in [0.717, 1.165) is 24.1 Å². The van der Waals surface area contributed by atoms with E-state index in [0.29, 0.717) is 19.8 Å². The quantitative estimate of drug-likeness (QED) is 0.761. The van der Waals surface area contributed by atoms with Gasteiger partial charge >= 0.3 is 0 Å². The van der Waals surface area contributed by atoms with Gasteiger partial charge in [0.2, 0.25) is 0 Å². The number of likely N-dealkylation sites (tertiary alicyclic amines) is 1. The molecule has 1 saturated heterocycles. The van der Waals surface area contributed by atoms with Crippen molar-refractivity contribution >= 4 is 5.91 Å². The van der Waals surface area contributed by atoms with Crippen LogP contribution >= 0.6 is 0 Å². The lowest BCUT2D eigenvalue weighted by Crippen LogP contribution is -2.30. The van der Waals surface area contributed by atoms with Crippen molar-refractivity contribution in [3.8, 4) is 0 Å². The van der Waals surface area contributed by atoms with E-state index in [2.05, 4.69) is 0 Å². The maximum absolute atomic E-state index is 12.3. The molecule has 0 N–H and O–H groups in total. The Morgan fingerprint density at radius 3 is 3.00 bits per heavy atom. The Bertz CT molecular complexity index is 433. The average molecular weight is 263 g/mol. The number of carbonyl (C=O) groups is 1. The zero-order chi connectivity index (χ0) is 13.7. The summed E-state index contributed by atoms with van der Waals surface area (Å²) in [4.78, 5) is 14.2. The third-order valence-electron chi connectivity index (χ3n) is 3.34. The highest BCUT2D eigenvalue weighted by molar-refractivity contribution is 5.94. The number of amides is 1. The average Bonchev–Trinajstić information content (AvgIpc) is 2.87. The topological polar surface area (TPSA) is 38.8 Å². The summed E-state index contributed by atoms with van der Waals surface area (Å²) in [6.07, 6.45) is 1.05. The number of aryl methyl sites for hydroxylation is 1. The summed E-state index contributed by atoms with van der Waals surface area (Å²) in [6, 6.07) is 7.72. The van der Waals surface area contributed by atoms with Crippen LogP contribution in [0, 0.1) is 6.92 Å². The molecule has 2 rings (SSSR count). The fraction of sp³-hybridized carbons (Fsp3) is 0.533. The van der Waals surface area contributed by atoms with E-state index in [1.807, 2.05) is 36.1 Å². The van der Waals surface area contributed by atoms with Crippen LogP contribution in [0.2, 0.25) is 0 Å². The Morgan fingerprint density at radius 2 is 2.26 bits per heavy atom. The Balaban J connectivity index is 1.88. The predicted molar refractivity (Wildman–Crippen MR) is 73.3 cm³/mol. The molecule has 19 heavy (non-hydrogen) atoms. The van der Waals surface area contributed by atoms with Gasteiger partial charge < -0.3 is 14.4 Å². The highest BCUT2D eigenvalue weighted by atomic mass is 16.5. The Morgan fingerprint density at radius 1 is 1.42 bits per heavy atom. The van der Waals surface area contributed by atoms with E-state index in [-0.39, 0.29) is 12.0 Å². The molecule has 1 aromatic rings. The van der Waals surface area contributed by atoms with Gasteiger partial charge in [0.25, 0.3) is 5.91 Å². The van der Waals surface area contributed by atoms with Gasteiger partial charge in [-0.15, -0.1) is 0 Å². The largest absolute Gasteiger partial charge is 0.382 e. The SMILES string of the molecule is COCCOC1CCN(C(=O)c2cccc(C)c2)C1. The number of nitrogens with zero attached hydrogens (tertiary/aromatic N) is 1. The lowest BCUT2D eigenvalue weighted by molar-refractivity contribution is 0.0218. The summed E-state index contributed by atoms with van der Waals surface area (Å²) in [5, 5.41) is 0. The molecule has 104 valence electrons. The molecular formula is C15H21NO3. The summed E-state index contributed by atoms with van der Waals surface area (Å²) in [5.74, 6) is 0.0986. The molecule has 0 aromatic heterocycles. The third kappa shape index (κ3) is 3.78. The minimum absolute atomic E-state index is 0.0986. The second kappa shape index (κ2) is 6.68. The first-order chi connectivity index (χ1) is 9.20. The smallest absolute Gasteiger partial charge is 0.253 e. The van der Waals surface area contributed by atoms with E-state index >= 15 is 0 Å². The molecule has 1 aromatic carbocycles. The fourth-order valence-corrected chi connectivity index (χ4v) is 2.31. The van der Waals surface area contributed by atoms with Crippen LogP contribution in [0.25, 0.3) is 0 Å². The molecule has 1 amide bonds. The van der Waals surface area contributed by atoms with Crippen molar-refractivity contribution in [1.82, 2.24) is 4.90 Å². The Kier molecular flexibility index (Phi) is 4.93. The summed E-state index contributed by atoms with van der Waals surface area (Å²) in [7, 11) is 1.66. The Hall–Kier alpha value is -1.39. The number of ether oxygens (including phenoxy) is 2. The van der Waals surface area contributed by atoms with Crippen molar-refractivity contribution in [3.63, 3.8) is 0 Å². The lowest BCUT2D eigenvalue weighted by Gasteiger charge is -2.17. The Labute approximate surface area is 114 Å². The molecule has 0 saturated carbocycles. The number of hydrogen-bond acceptors (Lipinski definition) is 3. The van der Waals surface area contributed by atoms with Crippen molar-refractivity contribution in [2.45, 2.75) is 19.4 Å². The zero-order valence-electron chi connectivity index (χ0n) is 11.6. The molecule has 1 heterocycles. The standard InChI is InChI=1S/C15H21NO3/c1-12-4-3-5-13(10-12)15(17)16-7-6-14(11-16)19-9-8-18-2/h3-5,10,14H,6-9,11H2,1-2H3. The zero-order valence-corrected chi connectivity index (χ0v) is 11.6. The van der Waals surface area contributed by atoms with Crippen molar-refractivity contribution in [1.29, 1.82) is 0 Å². The highest BCUT2D eigenvalue weighted by Gasteiger charge is 2.27. The first kappa shape index (κ1) is 14.0. The molecule has 1 fully saturated rings. The van der Waals surface area contributed by atoms with Gasteiger partial charge in [0, 0.05) is 25.8 Å². The van der Waals surface area contributed by atoms with Gasteiger partial charge in [-0.1, -0.05) is 17.7 Å². The van der Waals surface area contributed by atoms with E-state index < -0.39 is 0 Å². The molecular weight excluding hydrogens is 242 g/mol. The summed E-state index contributed by atoms with van der Waals surface area (Å²) in [6.45, 7) is 4.63. The minimum Gasteiger partial charge on any atom is -0.382 e. The van der Waals surface area contributed by atoms with E-state index in [1.54, 1.807) is 7.11 Å². The summed E-state index contributed by atoms with van der Waals surface area (Å²) < 4.78 is 10.6. The van der Waals surface area contributed by atoms with Gasteiger partial charge in [0.05, 0.1) is 19.3 Å². The van der Waals surface area contributed by atoms with Crippen molar-refractivity contribution in [3.05, 3.63) is 35.4 Å². The van der Waals surface area contributed by atoms with Gasteiger partial charge in [-0.3, -0.25) is 4.79 Å². The van der Waals surface area contributed by atoms with E-state index in [4.69, 9.17) is 9.47 Å². The van der Waals surface area contributed by atoms with Gasteiger partial charge in [0.15, 0.2) is 0 Å². The molecule has 0 bridgehead atoms. The van der Waals surface area contributed by atoms with Gasteiger partial charge in [-0.2, -0.15) is 0 Å². The van der Waals surface area contributed by atoms with Crippen molar-refractivity contribution in [2.75, 3.05) is 33.4 Å². The lowest BCUT2D eigenvalue weighted by atomic mass is 10.1. The second-order valence-corrected chi connectivity index (χ2v) is 4.89. The van der Waals surface area contributed by atoms with E-state index in [1.165, 1.54) is 0 Å². The van der Waals surface area contributed by atoms with Gasteiger partial charge in [0.1, 0.15) is 0 Å². The second-order valence-electron chi connectivity index (χ2n) is 4.89. The highest BCUT2D eigenvalue weighted by Crippen LogP contribution is 2.16. The molecule has 1 unspecified atom stereocenters. The van der Waals surface area contributed by atoms with Crippen LogP contribution in [-0.4, -0.2) is 50.3 Å².